The minimum atomic E-state index is -0.0000813. The molecule has 0 saturated heterocycles. The summed E-state index contributed by atoms with van der Waals surface area (Å²) in [6.07, 6.45) is 5.62. The summed E-state index contributed by atoms with van der Waals surface area (Å²) >= 11 is 0. The number of benzene rings is 3. The fourth-order valence-corrected chi connectivity index (χ4v) is 4.34. The van der Waals surface area contributed by atoms with Crippen LogP contribution in [-0.2, 0) is 6.54 Å². The number of unbranched alkanes of at least 4 members (excludes halogenated alkanes) is 1. The number of hydrogen-bond acceptors (Lipinski definition) is 4. The van der Waals surface area contributed by atoms with Gasteiger partial charge in [0.05, 0.1) is 6.61 Å². The molecule has 0 aliphatic rings. The van der Waals surface area contributed by atoms with Gasteiger partial charge in [0.1, 0.15) is 5.75 Å². The molecule has 0 aromatic heterocycles. The number of nitrogens with zero attached hydrogens (tertiary/aromatic N) is 2. The molecule has 3 rings (SSSR count). The van der Waals surface area contributed by atoms with E-state index in [0.29, 0.717) is 6.61 Å². The third kappa shape index (κ3) is 8.41. The van der Waals surface area contributed by atoms with E-state index in [4.69, 9.17) is 4.74 Å². The van der Waals surface area contributed by atoms with Crippen molar-refractivity contribution in [2.24, 2.45) is 0 Å². The monoisotopic (exact) mass is 512 g/mol. The average Bonchev–Trinajstić information content (AvgIpc) is 2.87. The predicted octanol–water partition coefficient (Wildman–Crippen LogP) is 7.51. The summed E-state index contributed by atoms with van der Waals surface area (Å²) in [5, 5.41) is 0. The van der Waals surface area contributed by atoms with Gasteiger partial charge in [0.25, 0.3) is 0 Å². The van der Waals surface area contributed by atoms with E-state index < -0.39 is 0 Å². The molecule has 0 heterocycles. The standard InChI is InChI=1S/C34H44N2O2/c1-26-14-8-10-16-30(26)27-19-21-33(38-23-13-12-22-36(7)34(2,3)4)28(24-27)18-20-32(37)31-17-11-9-15-29(31)25-35(5)6/h8-11,14-21,24H,12-13,22-23,25H2,1-7H3. The van der Waals surface area contributed by atoms with Crippen LogP contribution in [0, 0.1) is 6.92 Å². The quantitative estimate of drug-likeness (QED) is 0.143. The van der Waals surface area contributed by atoms with Gasteiger partial charge >= 0.3 is 0 Å². The van der Waals surface area contributed by atoms with Gasteiger partial charge in [0.2, 0.25) is 0 Å². The van der Waals surface area contributed by atoms with Crippen molar-refractivity contribution in [1.82, 2.24) is 9.80 Å². The highest BCUT2D eigenvalue weighted by molar-refractivity contribution is 6.08. The lowest BCUT2D eigenvalue weighted by Crippen LogP contribution is -2.38. The van der Waals surface area contributed by atoms with Crippen LogP contribution in [0.15, 0.2) is 72.8 Å². The third-order valence-electron chi connectivity index (χ3n) is 6.94. The lowest BCUT2D eigenvalue weighted by Gasteiger charge is -2.31. The van der Waals surface area contributed by atoms with Crippen molar-refractivity contribution in [2.75, 3.05) is 34.3 Å². The Morgan fingerprint density at radius 2 is 1.63 bits per heavy atom. The SMILES string of the molecule is Cc1ccccc1-c1ccc(OCCCCN(C)C(C)(C)C)c(C=CC(=O)c2ccccc2CN(C)C)c1. The van der Waals surface area contributed by atoms with Crippen molar-refractivity contribution in [1.29, 1.82) is 0 Å². The molecular weight excluding hydrogens is 468 g/mol. The molecule has 0 radical (unpaired) electrons. The van der Waals surface area contributed by atoms with Gasteiger partial charge in [-0.05, 0) is 115 Å². The van der Waals surface area contributed by atoms with E-state index in [9.17, 15) is 4.79 Å². The first kappa shape index (κ1) is 29.3. The van der Waals surface area contributed by atoms with Crippen LogP contribution in [0.1, 0.15) is 60.7 Å². The van der Waals surface area contributed by atoms with Gasteiger partial charge in [-0.25, -0.2) is 0 Å². The summed E-state index contributed by atoms with van der Waals surface area (Å²) in [6.45, 7) is 11.2. The topological polar surface area (TPSA) is 32.8 Å². The van der Waals surface area contributed by atoms with Gasteiger partial charge in [-0.2, -0.15) is 0 Å². The molecule has 0 aliphatic carbocycles. The molecule has 0 fully saturated rings. The molecule has 0 saturated carbocycles. The molecule has 202 valence electrons. The number of ketones is 1. The van der Waals surface area contributed by atoms with Gasteiger partial charge in [-0.1, -0.05) is 54.6 Å². The second-order valence-electron chi connectivity index (χ2n) is 11.3. The van der Waals surface area contributed by atoms with Crippen LogP contribution in [0.3, 0.4) is 0 Å². The van der Waals surface area contributed by atoms with Crippen molar-refractivity contribution >= 4 is 11.9 Å². The molecule has 3 aromatic carbocycles. The molecule has 0 unspecified atom stereocenters. The summed E-state index contributed by atoms with van der Waals surface area (Å²) in [6, 6.07) is 22.5. The molecule has 0 atom stereocenters. The molecule has 0 aliphatic heterocycles. The zero-order valence-electron chi connectivity index (χ0n) is 24.3. The molecule has 0 spiro atoms. The first-order valence-electron chi connectivity index (χ1n) is 13.6. The Labute approximate surface area is 229 Å². The highest BCUT2D eigenvalue weighted by Gasteiger charge is 2.16. The Bertz CT molecular complexity index is 1240. The Morgan fingerprint density at radius 3 is 2.34 bits per heavy atom. The smallest absolute Gasteiger partial charge is 0.186 e. The number of aryl methyl sites for hydroxylation is 1. The molecule has 0 amide bonds. The van der Waals surface area contributed by atoms with Crippen LogP contribution in [0.25, 0.3) is 17.2 Å². The Balaban J connectivity index is 1.81. The zero-order chi connectivity index (χ0) is 27.7. The van der Waals surface area contributed by atoms with Crippen LogP contribution < -0.4 is 4.74 Å². The van der Waals surface area contributed by atoms with Gasteiger partial charge in [-0.15, -0.1) is 0 Å². The molecular formula is C34H44N2O2. The van der Waals surface area contributed by atoms with E-state index in [1.165, 1.54) is 11.1 Å². The second-order valence-corrected chi connectivity index (χ2v) is 11.3. The Hall–Kier alpha value is -3.21. The Morgan fingerprint density at radius 1 is 0.921 bits per heavy atom. The maximum atomic E-state index is 13.2. The first-order valence-corrected chi connectivity index (χ1v) is 13.6. The van der Waals surface area contributed by atoms with Crippen molar-refractivity contribution in [3.63, 3.8) is 0 Å². The molecule has 0 N–H and O–H groups in total. The number of ether oxygens (including phenoxy) is 1. The van der Waals surface area contributed by atoms with Gasteiger partial charge < -0.3 is 14.5 Å². The fraction of sp³-hybridized carbons (Fsp3) is 0.382. The molecule has 0 bridgehead atoms. The number of carbonyl (C=O) groups is 1. The van der Waals surface area contributed by atoms with E-state index in [-0.39, 0.29) is 11.3 Å². The largest absolute Gasteiger partial charge is 0.493 e. The van der Waals surface area contributed by atoms with Gasteiger partial charge in [0, 0.05) is 23.2 Å². The lowest BCUT2D eigenvalue weighted by molar-refractivity contribution is 0.104. The maximum Gasteiger partial charge on any atom is 0.186 e. The van der Waals surface area contributed by atoms with Crippen LogP contribution in [0.2, 0.25) is 0 Å². The van der Waals surface area contributed by atoms with Crippen LogP contribution >= 0.6 is 0 Å². The van der Waals surface area contributed by atoms with E-state index in [2.05, 4.69) is 80.9 Å². The van der Waals surface area contributed by atoms with Crippen LogP contribution in [0.5, 0.6) is 5.75 Å². The fourth-order valence-electron chi connectivity index (χ4n) is 4.34. The van der Waals surface area contributed by atoms with Crippen molar-refractivity contribution in [3.8, 4) is 16.9 Å². The predicted molar refractivity (Wildman–Crippen MR) is 161 cm³/mol. The third-order valence-corrected chi connectivity index (χ3v) is 6.94. The highest BCUT2D eigenvalue weighted by atomic mass is 16.5. The molecule has 4 heteroatoms. The highest BCUT2D eigenvalue weighted by Crippen LogP contribution is 2.30. The van der Waals surface area contributed by atoms with Crippen molar-refractivity contribution < 1.29 is 9.53 Å². The summed E-state index contributed by atoms with van der Waals surface area (Å²) < 4.78 is 6.25. The van der Waals surface area contributed by atoms with Crippen LogP contribution in [-0.4, -0.2) is 55.4 Å². The van der Waals surface area contributed by atoms with Crippen molar-refractivity contribution in [2.45, 2.75) is 52.6 Å². The summed E-state index contributed by atoms with van der Waals surface area (Å²) in [5.41, 5.74) is 6.35. The average molecular weight is 513 g/mol. The first-order chi connectivity index (χ1) is 18.1. The van der Waals surface area contributed by atoms with E-state index >= 15 is 0 Å². The number of carbonyl (C=O) groups excluding carboxylic acids is 1. The van der Waals surface area contributed by atoms with E-state index in [1.54, 1.807) is 6.08 Å². The maximum absolute atomic E-state index is 13.2. The van der Waals surface area contributed by atoms with Gasteiger partial charge in [0.15, 0.2) is 5.78 Å². The molecule has 4 nitrogen and oxygen atoms in total. The normalized spacial score (nSPS) is 12.0. The number of allylic oxidation sites excluding steroid dienone is 1. The van der Waals surface area contributed by atoms with Crippen molar-refractivity contribution in [3.05, 3.63) is 95.1 Å². The van der Waals surface area contributed by atoms with E-state index in [1.807, 2.05) is 50.5 Å². The molecule has 3 aromatic rings. The summed E-state index contributed by atoms with van der Waals surface area (Å²) in [5.74, 6) is 0.803. The minimum absolute atomic E-state index is 0.0000813. The number of hydrogen-bond donors (Lipinski definition) is 0. The molecule has 38 heavy (non-hydrogen) atoms. The summed E-state index contributed by atoms with van der Waals surface area (Å²) in [4.78, 5) is 17.7. The summed E-state index contributed by atoms with van der Waals surface area (Å²) in [7, 11) is 6.19. The van der Waals surface area contributed by atoms with Crippen LogP contribution in [0.4, 0.5) is 0 Å². The van der Waals surface area contributed by atoms with E-state index in [0.717, 1.165) is 53.9 Å². The zero-order valence-corrected chi connectivity index (χ0v) is 24.3. The van der Waals surface area contributed by atoms with Gasteiger partial charge in [-0.3, -0.25) is 4.79 Å². The Kier molecular flexibility index (Phi) is 10.5. The lowest BCUT2D eigenvalue weighted by atomic mass is 9.97. The number of rotatable bonds is 12. The minimum Gasteiger partial charge on any atom is -0.493 e. The second kappa shape index (κ2) is 13.5.